The number of carboxylic acid groups (broad SMARTS) is 1. The Balaban J connectivity index is 1.37. The minimum Gasteiger partial charge on any atom is -0.480 e. The highest BCUT2D eigenvalue weighted by molar-refractivity contribution is 8.01. The maximum absolute atomic E-state index is 12.6. The summed E-state index contributed by atoms with van der Waals surface area (Å²) in [6, 6.07) is -0.811. The Kier molecular flexibility index (Phi) is 5.50. The van der Waals surface area contributed by atoms with E-state index in [0.29, 0.717) is 0 Å². The number of esters is 1. The number of nitrogens with zero attached hydrogens (tertiary/aromatic N) is 4. The number of ether oxygens (including phenoxy) is 1. The van der Waals surface area contributed by atoms with E-state index in [1.54, 1.807) is 11.2 Å². The Hall–Kier alpha value is -1.81. The molecule has 10 heteroatoms. The number of likely N-dealkylation sites (N-methyl/N-ethyl adjacent to an activating group) is 1. The smallest absolute Gasteiger partial charge is 0.327 e. The van der Waals surface area contributed by atoms with Crippen LogP contribution in [0, 0.1) is 0 Å². The molecule has 1 unspecified atom stereocenters. The second-order valence-corrected chi connectivity index (χ2v) is 11.2. The van der Waals surface area contributed by atoms with Gasteiger partial charge in [0.2, 0.25) is 0 Å². The standard InChI is InChI=1S/C20H30N4O5S/c1-20(2)16(19(27)28)24-17(26)15(18(24)30-20)21-10-23-11-5-6-12(23)8-13(7-11)29-14(25)9-22(3)4/h10-13,15-16,18H,5-9H2,1-4H3,(H,27,28)/t11-,12+,13?,15-,16+,18-/m1/s1. The summed E-state index contributed by atoms with van der Waals surface area (Å²) >= 11 is 1.51. The molecule has 4 fully saturated rings. The number of amides is 1. The number of carbonyl (C=O) groups excluding carboxylic acids is 2. The van der Waals surface area contributed by atoms with Crippen molar-refractivity contribution in [2.24, 2.45) is 4.99 Å². The molecule has 166 valence electrons. The van der Waals surface area contributed by atoms with Crippen LogP contribution in [0.2, 0.25) is 0 Å². The first-order chi connectivity index (χ1) is 14.1. The summed E-state index contributed by atoms with van der Waals surface area (Å²) in [6.45, 7) is 4.01. The van der Waals surface area contributed by atoms with Gasteiger partial charge in [-0.05, 0) is 40.8 Å². The number of thioether (sulfide) groups is 1. The van der Waals surface area contributed by atoms with E-state index in [1.165, 1.54) is 16.7 Å². The number of carbonyl (C=O) groups is 3. The third-order valence-electron chi connectivity index (χ3n) is 6.50. The second-order valence-electron chi connectivity index (χ2n) is 9.46. The molecule has 1 amide bonds. The molecule has 1 N–H and O–H groups in total. The molecule has 4 aliphatic heterocycles. The van der Waals surface area contributed by atoms with Gasteiger partial charge in [0.25, 0.3) is 5.91 Å². The highest BCUT2D eigenvalue weighted by Gasteiger charge is 2.64. The van der Waals surface area contributed by atoms with E-state index >= 15 is 0 Å². The first-order valence-electron chi connectivity index (χ1n) is 10.5. The fraction of sp³-hybridized carbons (Fsp3) is 0.800. The summed E-state index contributed by atoms with van der Waals surface area (Å²) in [6.07, 6.45) is 5.33. The summed E-state index contributed by atoms with van der Waals surface area (Å²) < 4.78 is 5.11. The quantitative estimate of drug-likeness (QED) is 0.279. The van der Waals surface area contributed by atoms with Gasteiger partial charge in [0.15, 0.2) is 6.04 Å². The van der Waals surface area contributed by atoms with Crippen molar-refractivity contribution in [3.63, 3.8) is 0 Å². The predicted molar refractivity (Wildman–Crippen MR) is 112 cm³/mol. The van der Waals surface area contributed by atoms with Crippen LogP contribution in [-0.4, -0.2) is 105 Å². The average Bonchev–Trinajstić information content (AvgIpc) is 3.01. The van der Waals surface area contributed by atoms with E-state index < -0.39 is 22.8 Å². The zero-order valence-electron chi connectivity index (χ0n) is 17.9. The monoisotopic (exact) mass is 438 g/mol. The second kappa shape index (κ2) is 7.71. The number of piperidine rings is 1. The molecule has 4 heterocycles. The molecule has 6 atom stereocenters. The van der Waals surface area contributed by atoms with Gasteiger partial charge in [0.05, 0.1) is 12.9 Å². The lowest BCUT2D eigenvalue weighted by molar-refractivity contribution is -0.158. The molecule has 0 saturated carbocycles. The van der Waals surface area contributed by atoms with Gasteiger partial charge < -0.3 is 19.6 Å². The average molecular weight is 439 g/mol. The Labute approximate surface area is 180 Å². The number of rotatable bonds is 6. The lowest BCUT2D eigenvalue weighted by Crippen LogP contribution is -2.65. The van der Waals surface area contributed by atoms with Crippen molar-refractivity contribution in [3.8, 4) is 0 Å². The third-order valence-corrected chi connectivity index (χ3v) is 8.05. The maximum atomic E-state index is 12.6. The van der Waals surface area contributed by atoms with Crippen LogP contribution in [0.4, 0.5) is 0 Å². The minimum absolute atomic E-state index is 0.0667. The molecule has 2 bridgehead atoms. The van der Waals surface area contributed by atoms with Crippen molar-refractivity contribution in [1.29, 1.82) is 0 Å². The normalized spacial score (nSPS) is 36.9. The van der Waals surface area contributed by atoms with Crippen LogP contribution in [-0.2, 0) is 19.1 Å². The Morgan fingerprint density at radius 3 is 2.50 bits per heavy atom. The van der Waals surface area contributed by atoms with Crippen molar-refractivity contribution in [2.75, 3.05) is 20.6 Å². The van der Waals surface area contributed by atoms with Crippen molar-refractivity contribution in [1.82, 2.24) is 14.7 Å². The van der Waals surface area contributed by atoms with Gasteiger partial charge in [-0.25, -0.2) is 4.79 Å². The van der Waals surface area contributed by atoms with E-state index in [4.69, 9.17) is 4.74 Å². The zero-order chi connectivity index (χ0) is 21.8. The first-order valence-corrected chi connectivity index (χ1v) is 11.3. The van der Waals surface area contributed by atoms with Gasteiger partial charge in [-0.1, -0.05) is 0 Å². The molecule has 0 spiro atoms. The molecule has 0 aromatic heterocycles. The van der Waals surface area contributed by atoms with Gasteiger partial charge in [-0.3, -0.25) is 19.5 Å². The highest BCUT2D eigenvalue weighted by Crippen LogP contribution is 2.51. The molecular formula is C20H30N4O5S. The number of fused-ring (bicyclic) bond motifs is 3. The molecule has 30 heavy (non-hydrogen) atoms. The molecule has 0 aliphatic carbocycles. The van der Waals surface area contributed by atoms with E-state index in [2.05, 4.69) is 9.89 Å². The molecule has 4 rings (SSSR count). The molecule has 0 aromatic rings. The summed E-state index contributed by atoms with van der Waals surface area (Å²) in [5.41, 5.74) is 0. The van der Waals surface area contributed by atoms with Crippen LogP contribution in [0.25, 0.3) is 0 Å². The SMILES string of the molecule is CN(C)CC(=O)OC1C[C@H]2CC[C@@H](C1)N2C=N[C@@H]1C(=O)N2[C@@H]1SC(C)(C)[C@@H]2C(=O)O. The van der Waals surface area contributed by atoms with Crippen LogP contribution in [0.3, 0.4) is 0 Å². The number of hydrogen-bond acceptors (Lipinski definition) is 7. The van der Waals surface area contributed by atoms with Crippen molar-refractivity contribution >= 4 is 35.9 Å². The van der Waals surface area contributed by atoms with Gasteiger partial charge in [0.1, 0.15) is 17.5 Å². The highest BCUT2D eigenvalue weighted by atomic mass is 32.2. The zero-order valence-corrected chi connectivity index (χ0v) is 18.7. The Morgan fingerprint density at radius 2 is 1.93 bits per heavy atom. The third kappa shape index (κ3) is 3.68. The van der Waals surface area contributed by atoms with Crippen LogP contribution in [0.15, 0.2) is 4.99 Å². The van der Waals surface area contributed by atoms with Crippen molar-refractivity contribution in [3.05, 3.63) is 0 Å². The van der Waals surface area contributed by atoms with Crippen LogP contribution < -0.4 is 0 Å². The fourth-order valence-electron chi connectivity index (χ4n) is 5.21. The summed E-state index contributed by atoms with van der Waals surface area (Å²) in [4.78, 5) is 46.3. The van der Waals surface area contributed by atoms with Gasteiger partial charge in [-0.2, -0.15) is 0 Å². The number of β-lactam (4-membered cyclic amide) rings is 1. The maximum Gasteiger partial charge on any atom is 0.327 e. The topological polar surface area (TPSA) is 103 Å². The number of hydrogen-bond donors (Lipinski definition) is 1. The van der Waals surface area contributed by atoms with E-state index in [-0.39, 0.29) is 42.0 Å². The summed E-state index contributed by atoms with van der Waals surface area (Å²) in [7, 11) is 3.69. The molecule has 0 radical (unpaired) electrons. The molecule has 0 aromatic carbocycles. The molecule has 4 aliphatic rings. The van der Waals surface area contributed by atoms with E-state index in [9.17, 15) is 19.5 Å². The van der Waals surface area contributed by atoms with E-state index in [0.717, 1.165) is 25.7 Å². The molecule has 9 nitrogen and oxygen atoms in total. The molecular weight excluding hydrogens is 408 g/mol. The van der Waals surface area contributed by atoms with Gasteiger partial charge in [0, 0.05) is 29.7 Å². The van der Waals surface area contributed by atoms with Crippen LogP contribution in [0.1, 0.15) is 39.5 Å². The molecule has 4 saturated heterocycles. The lowest BCUT2D eigenvalue weighted by atomic mass is 9.96. The van der Waals surface area contributed by atoms with E-state index in [1.807, 2.05) is 27.9 Å². The number of aliphatic carboxylic acids is 1. The van der Waals surface area contributed by atoms with Crippen LogP contribution >= 0.6 is 11.8 Å². The predicted octanol–water partition coefficient (Wildman–Crippen LogP) is 0.630. The first kappa shape index (κ1) is 21.4. The Morgan fingerprint density at radius 1 is 1.30 bits per heavy atom. The summed E-state index contributed by atoms with van der Waals surface area (Å²) in [5, 5.41) is 9.31. The minimum atomic E-state index is -0.963. The van der Waals surface area contributed by atoms with Crippen LogP contribution in [0.5, 0.6) is 0 Å². The lowest BCUT2D eigenvalue weighted by Gasteiger charge is -2.42. The summed E-state index contributed by atoms with van der Waals surface area (Å²) in [5.74, 6) is -1.36. The van der Waals surface area contributed by atoms with Gasteiger partial charge in [-0.15, -0.1) is 11.8 Å². The Bertz CT molecular complexity index is 758. The largest absolute Gasteiger partial charge is 0.480 e. The van der Waals surface area contributed by atoms with Crippen molar-refractivity contribution in [2.45, 2.75) is 79.9 Å². The van der Waals surface area contributed by atoms with Crippen molar-refractivity contribution < 1.29 is 24.2 Å². The number of carboxylic acids is 1. The fourth-order valence-corrected chi connectivity index (χ4v) is 6.83. The number of aliphatic imine (C=N–C) groups is 1. The van der Waals surface area contributed by atoms with Gasteiger partial charge >= 0.3 is 11.9 Å².